The van der Waals surface area contributed by atoms with Crippen molar-refractivity contribution in [2.24, 2.45) is 0 Å². The van der Waals surface area contributed by atoms with Gasteiger partial charge in [-0.3, -0.25) is 9.59 Å². The van der Waals surface area contributed by atoms with E-state index >= 15 is 0 Å². The molecular weight excluding hydrogens is 342 g/mol. The summed E-state index contributed by atoms with van der Waals surface area (Å²) in [5.74, 6) is -0.812. The van der Waals surface area contributed by atoms with E-state index in [0.29, 0.717) is 22.9 Å². The molecule has 1 unspecified atom stereocenters. The highest BCUT2D eigenvalue weighted by Gasteiger charge is 2.21. The lowest BCUT2D eigenvalue weighted by Gasteiger charge is -2.15. The molecule has 6 heteroatoms. The van der Waals surface area contributed by atoms with Crippen molar-refractivity contribution in [1.82, 2.24) is 0 Å². The lowest BCUT2D eigenvalue weighted by Crippen LogP contribution is -2.24. The van der Waals surface area contributed by atoms with Crippen molar-refractivity contribution in [3.05, 3.63) is 59.1 Å². The lowest BCUT2D eigenvalue weighted by molar-refractivity contribution is -0.149. The second-order valence-corrected chi connectivity index (χ2v) is 5.81. The normalized spacial score (nSPS) is 11.5. The van der Waals surface area contributed by atoms with Gasteiger partial charge in [-0.15, -0.1) is 0 Å². The summed E-state index contributed by atoms with van der Waals surface area (Å²) in [7, 11) is 1.49. The number of methoxy groups -OCH3 is 1. The van der Waals surface area contributed by atoms with Gasteiger partial charge in [0.1, 0.15) is 5.75 Å². The molecule has 2 rings (SSSR count). The summed E-state index contributed by atoms with van der Waals surface area (Å²) in [4.78, 5) is 24.3. The molecule has 0 radical (unpaired) electrons. The molecule has 0 spiro atoms. The van der Waals surface area contributed by atoms with Crippen LogP contribution in [0.2, 0.25) is 5.02 Å². The van der Waals surface area contributed by atoms with Crippen molar-refractivity contribution in [2.45, 2.75) is 19.3 Å². The van der Waals surface area contributed by atoms with Crippen LogP contribution in [0.15, 0.2) is 48.5 Å². The third-order valence-electron chi connectivity index (χ3n) is 3.68. The minimum atomic E-state index is -0.461. The minimum Gasteiger partial charge on any atom is -0.495 e. The third kappa shape index (κ3) is 5.22. The van der Waals surface area contributed by atoms with Crippen LogP contribution in [-0.2, 0) is 14.3 Å². The first-order valence-corrected chi connectivity index (χ1v) is 8.28. The highest BCUT2D eigenvalue weighted by Crippen LogP contribution is 2.27. The van der Waals surface area contributed by atoms with Gasteiger partial charge in [-0.2, -0.15) is 0 Å². The predicted molar refractivity (Wildman–Crippen MR) is 97.1 cm³/mol. The smallest absolute Gasteiger partial charge is 0.313 e. The Morgan fingerprint density at radius 1 is 1.16 bits per heavy atom. The molecule has 0 aliphatic carbocycles. The maximum atomic E-state index is 12.3. The highest BCUT2D eigenvalue weighted by molar-refractivity contribution is 6.31. The molecule has 2 aromatic carbocycles. The summed E-state index contributed by atoms with van der Waals surface area (Å²) in [6, 6.07) is 14.2. The number of hydrogen-bond donors (Lipinski definition) is 1. The average Bonchev–Trinajstić information content (AvgIpc) is 2.62. The van der Waals surface area contributed by atoms with Crippen molar-refractivity contribution in [1.29, 1.82) is 0 Å². The molecule has 2 aromatic rings. The number of halogens is 1. The summed E-state index contributed by atoms with van der Waals surface area (Å²) in [6.45, 7) is 1.52. The van der Waals surface area contributed by atoms with Gasteiger partial charge in [-0.25, -0.2) is 0 Å². The zero-order valence-corrected chi connectivity index (χ0v) is 14.9. The van der Waals surface area contributed by atoms with Crippen LogP contribution in [0, 0.1) is 0 Å². The van der Waals surface area contributed by atoms with Crippen LogP contribution in [0.1, 0.15) is 24.8 Å². The maximum absolute atomic E-state index is 12.3. The van der Waals surface area contributed by atoms with E-state index in [1.807, 2.05) is 37.3 Å². The number of hydrogen-bond acceptors (Lipinski definition) is 4. The molecule has 1 atom stereocenters. The van der Waals surface area contributed by atoms with Gasteiger partial charge >= 0.3 is 5.97 Å². The lowest BCUT2D eigenvalue weighted by atomic mass is 9.97. The molecule has 0 saturated carbocycles. The van der Waals surface area contributed by atoms with Crippen molar-refractivity contribution in [2.75, 3.05) is 19.0 Å². The summed E-state index contributed by atoms with van der Waals surface area (Å²) in [6.07, 6.45) is 0.590. The van der Waals surface area contributed by atoms with Crippen LogP contribution in [0.25, 0.3) is 0 Å². The highest BCUT2D eigenvalue weighted by atomic mass is 35.5. The number of rotatable bonds is 7. The first kappa shape index (κ1) is 18.8. The number of anilines is 1. The fourth-order valence-electron chi connectivity index (χ4n) is 2.43. The first-order chi connectivity index (χ1) is 12.0. The zero-order chi connectivity index (χ0) is 18.2. The Morgan fingerprint density at radius 2 is 1.88 bits per heavy atom. The van der Waals surface area contributed by atoms with Gasteiger partial charge in [-0.1, -0.05) is 48.9 Å². The van der Waals surface area contributed by atoms with Gasteiger partial charge in [0.15, 0.2) is 6.61 Å². The molecule has 132 valence electrons. The van der Waals surface area contributed by atoms with Crippen molar-refractivity contribution >= 4 is 29.2 Å². The van der Waals surface area contributed by atoms with E-state index in [0.717, 1.165) is 5.56 Å². The van der Waals surface area contributed by atoms with E-state index in [-0.39, 0.29) is 6.61 Å². The second kappa shape index (κ2) is 9.08. The van der Waals surface area contributed by atoms with E-state index in [1.165, 1.54) is 7.11 Å². The summed E-state index contributed by atoms with van der Waals surface area (Å²) in [5.41, 5.74) is 1.29. The van der Waals surface area contributed by atoms with Crippen LogP contribution >= 0.6 is 11.6 Å². The number of amides is 1. The first-order valence-electron chi connectivity index (χ1n) is 7.90. The Morgan fingerprint density at radius 3 is 2.52 bits per heavy atom. The summed E-state index contributed by atoms with van der Waals surface area (Å²) in [5, 5.41) is 3.09. The van der Waals surface area contributed by atoms with Gasteiger partial charge in [0.2, 0.25) is 0 Å². The molecule has 0 aliphatic heterocycles. The van der Waals surface area contributed by atoms with Crippen LogP contribution in [0.3, 0.4) is 0 Å². The molecule has 1 N–H and O–H groups in total. The number of esters is 1. The second-order valence-electron chi connectivity index (χ2n) is 5.37. The fraction of sp³-hybridized carbons (Fsp3) is 0.263. The number of nitrogens with one attached hydrogen (secondary N) is 1. The van der Waals surface area contributed by atoms with Gasteiger partial charge in [0.05, 0.1) is 18.7 Å². The van der Waals surface area contributed by atoms with E-state index in [9.17, 15) is 9.59 Å². The van der Waals surface area contributed by atoms with Crippen LogP contribution in [0.4, 0.5) is 5.69 Å². The number of benzene rings is 2. The number of carbonyl (C=O) groups excluding carboxylic acids is 2. The van der Waals surface area contributed by atoms with Crippen LogP contribution in [0.5, 0.6) is 5.75 Å². The molecule has 5 nitrogen and oxygen atoms in total. The molecule has 0 aromatic heterocycles. The van der Waals surface area contributed by atoms with Crippen LogP contribution < -0.4 is 10.1 Å². The van der Waals surface area contributed by atoms with E-state index in [4.69, 9.17) is 21.1 Å². The number of carbonyl (C=O) groups is 2. The topological polar surface area (TPSA) is 64.6 Å². The monoisotopic (exact) mass is 361 g/mol. The Labute approximate surface area is 151 Å². The molecule has 0 saturated heterocycles. The molecule has 1 amide bonds. The molecule has 25 heavy (non-hydrogen) atoms. The summed E-state index contributed by atoms with van der Waals surface area (Å²) < 4.78 is 10.3. The van der Waals surface area contributed by atoms with E-state index < -0.39 is 17.8 Å². The van der Waals surface area contributed by atoms with Crippen molar-refractivity contribution in [3.8, 4) is 5.75 Å². The molecular formula is C19H20ClNO4. The van der Waals surface area contributed by atoms with Gasteiger partial charge in [0, 0.05) is 5.02 Å². The molecule has 0 aliphatic rings. The van der Waals surface area contributed by atoms with Gasteiger partial charge in [0.25, 0.3) is 5.91 Å². The Hall–Kier alpha value is -2.53. The SMILES string of the molecule is CCC(C(=O)OCC(=O)Nc1cc(Cl)ccc1OC)c1ccccc1. The third-order valence-corrected chi connectivity index (χ3v) is 3.91. The standard InChI is InChI=1S/C19H20ClNO4/c1-3-15(13-7-5-4-6-8-13)19(23)25-12-18(22)21-16-11-14(20)9-10-17(16)24-2/h4-11,15H,3,12H2,1-2H3,(H,21,22). The van der Waals surface area contributed by atoms with Crippen molar-refractivity contribution in [3.63, 3.8) is 0 Å². The van der Waals surface area contributed by atoms with Gasteiger partial charge < -0.3 is 14.8 Å². The Bertz CT molecular complexity index is 733. The Balaban J connectivity index is 1.95. The molecule has 0 fully saturated rings. The van der Waals surface area contributed by atoms with Crippen LogP contribution in [-0.4, -0.2) is 25.6 Å². The Kier molecular flexibility index (Phi) is 6.83. The van der Waals surface area contributed by atoms with Gasteiger partial charge in [-0.05, 0) is 30.2 Å². The maximum Gasteiger partial charge on any atom is 0.313 e. The summed E-state index contributed by atoms with van der Waals surface area (Å²) >= 11 is 5.92. The quantitative estimate of drug-likeness (QED) is 0.756. The largest absolute Gasteiger partial charge is 0.495 e. The molecule has 0 bridgehead atoms. The zero-order valence-electron chi connectivity index (χ0n) is 14.1. The van der Waals surface area contributed by atoms with E-state index in [2.05, 4.69) is 5.32 Å². The fourth-order valence-corrected chi connectivity index (χ4v) is 2.60. The average molecular weight is 362 g/mol. The molecule has 0 heterocycles. The predicted octanol–water partition coefficient (Wildman–Crippen LogP) is 4.02. The van der Waals surface area contributed by atoms with E-state index in [1.54, 1.807) is 18.2 Å². The number of ether oxygens (including phenoxy) is 2. The minimum absolute atomic E-state index is 0.377. The van der Waals surface area contributed by atoms with Crippen molar-refractivity contribution < 1.29 is 19.1 Å².